The first kappa shape index (κ1) is 18.1. The van der Waals surface area contributed by atoms with Crippen LogP contribution in [0.5, 0.6) is 0 Å². The molecule has 1 aliphatic rings. The summed E-state index contributed by atoms with van der Waals surface area (Å²) in [6.45, 7) is 1.64. The molecule has 1 heterocycles. The highest BCUT2D eigenvalue weighted by molar-refractivity contribution is 7.90. The molecule has 9 heteroatoms. The predicted octanol–water partition coefficient (Wildman–Crippen LogP) is 0.690. The molecule has 1 aromatic carbocycles. The molecule has 0 aliphatic carbocycles. The van der Waals surface area contributed by atoms with E-state index in [0.29, 0.717) is 16.3 Å². The van der Waals surface area contributed by atoms with Crippen LogP contribution >= 0.6 is 0 Å². The van der Waals surface area contributed by atoms with Gasteiger partial charge in [0.2, 0.25) is 5.96 Å². The fraction of sp³-hybridized carbons (Fsp3) is 0.467. The molecule has 132 valence electrons. The quantitative estimate of drug-likeness (QED) is 0.540. The molecule has 0 amide bonds. The van der Waals surface area contributed by atoms with Crippen LogP contribution in [0.1, 0.15) is 25.7 Å². The van der Waals surface area contributed by atoms with Gasteiger partial charge in [-0.2, -0.15) is 4.99 Å². The Balaban J connectivity index is 2.47. The molecule has 0 spiro atoms. The van der Waals surface area contributed by atoms with Gasteiger partial charge in [0.15, 0.2) is 15.8 Å². The van der Waals surface area contributed by atoms with Gasteiger partial charge in [0, 0.05) is 19.3 Å². The highest BCUT2D eigenvalue weighted by atomic mass is 32.2. The van der Waals surface area contributed by atoms with Crippen molar-refractivity contribution in [1.29, 1.82) is 0 Å². The fourth-order valence-corrected chi connectivity index (χ4v) is 3.62. The van der Waals surface area contributed by atoms with Gasteiger partial charge in [0.05, 0.1) is 16.3 Å². The van der Waals surface area contributed by atoms with Crippen molar-refractivity contribution in [2.45, 2.75) is 30.6 Å². The second-order valence-electron chi connectivity index (χ2n) is 5.83. The van der Waals surface area contributed by atoms with Crippen molar-refractivity contribution in [3.63, 3.8) is 0 Å². The van der Waals surface area contributed by atoms with Gasteiger partial charge in [-0.3, -0.25) is 0 Å². The Kier molecular flexibility index (Phi) is 5.66. The summed E-state index contributed by atoms with van der Waals surface area (Å²) in [4.78, 5) is 10.2. The van der Waals surface area contributed by atoms with Gasteiger partial charge in [0.1, 0.15) is 0 Å². The molecule has 1 fully saturated rings. The van der Waals surface area contributed by atoms with Gasteiger partial charge >= 0.3 is 0 Å². The Morgan fingerprint density at radius 1 is 1.08 bits per heavy atom. The van der Waals surface area contributed by atoms with Crippen molar-refractivity contribution in [2.75, 3.05) is 24.2 Å². The van der Waals surface area contributed by atoms with Crippen LogP contribution < -0.4 is 22.1 Å². The first-order valence-electron chi connectivity index (χ1n) is 7.80. The van der Waals surface area contributed by atoms with Crippen LogP contribution in [0.2, 0.25) is 0 Å². The number of anilines is 1. The lowest BCUT2D eigenvalue weighted by Crippen LogP contribution is -2.26. The summed E-state index contributed by atoms with van der Waals surface area (Å²) >= 11 is 0. The molecule has 1 aliphatic heterocycles. The first-order valence-corrected chi connectivity index (χ1v) is 9.69. The topological polar surface area (TPSA) is 140 Å². The van der Waals surface area contributed by atoms with Gasteiger partial charge in [-0.25, -0.2) is 13.4 Å². The Labute approximate surface area is 142 Å². The number of nitrogens with zero attached hydrogens (tertiary/aromatic N) is 3. The van der Waals surface area contributed by atoms with E-state index in [1.807, 2.05) is 0 Å². The number of aliphatic imine (C=N–C) groups is 2. The Bertz CT molecular complexity index is 745. The molecule has 6 N–H and O–H groups in total. The maximum atomic E-state index is 12.1. The van der Waals surface area contributed by atoms with E-state index in [1.54, 1.807) is 18.2 Å². The molecule has 24 heavy (non-hydrogen) atoms. The highest BCUT2D eigenvalue weighted by Crippen LogP contribution is 2.31. The van der Waals surface area contributed by atoms with Gasteiger partial charge in [-0.05, 0) is 31.0 Å². The van der Waals surface area contributed by atoms with Gasteiger partial charge in [-0.15, -0.1) is 0 Å². The van der Waals surface area contributed by atoms with Crippen LogP contribution in [-0.4, -0.2) is 39.7 Å². The van der Waals surface area contributed by atoms with Crippen LogP contribution in [0.3, 0.4) is 0 Å². The molecule has 0 radical (unpaired) electrons. The fourth-order valence-electron chi connectivity index (χ4n) is 2.74. The number of rotatable bonds is 3. The molecule has 0 saturated carbocycles. The second kappa shape index (κ2) is 7.52. The van der Waals surface area contributed by atoms with Crippen molar-refractivity contribution >= 4 is 33.1 Å². The van der Waals surface area contributed by atoms with E-state index in [-0.39, 0.29) is 11.9 Å². The molecule has 0 aromatic heterocycles. The number of hydrogen-bond acceptors (Lipinski definition) is 4. The van der Waals surface area contributed by atoms with Crippen LogP contribution in [0.25, 0.3) is 0 Å². The van der Waals surface area contributed by atoms with Gasteiger partial charge in [0.25, 0.3) is 0 Å². The minimum Gasteiger partial charge on any atom is -0.370 e. The minimum absolute atomic E-state index is 0.0797. The minimum atomic E-state index is -3.35. The standard InChI is InChI=1S/C15H24N6O2S/c1-24(22,23)13-7-6-11(19-15(18)20-14(16)17)10-12(13)21-8-4-2-3-5-9-21/h6-7,10H,2-5,8-9H2,1H3,(H6,16,17,18,19,20). The van der Waals surface area contributed by atoms with Crippen molar-refractivity contribution in [3.8, 4) is 0 Å². The Morgan fingerprint density at radius 2 is 1.71 bits per heavy atom. The third-order valence-electron chi connectivity index (χ3n) is 3.78. The van der Waals surface area contributed by atoms with E-state index in [2.05, 4.69) is 14.9 Å². The lowest BCUT2D eigenvalue weighted by Gasteiger charge is -2.25. The lowest BCUT2D eigenvalue weighted by atomic mass is 10.2. The molecule has 1 aromatic rings. The second-order valence-corrected chi connectivity index (χ2v) is 7.82. The Morgan fingerprint density at radius 3 is 2.25 bits per heavy atom. The van der Waals surface area contributed by atoms with Crippen LogP contribution in [-0.2, 0) is 9.84 Å². The third-order valence-corrected chi connectivity index (χ3v) is 4.92. The van der Waals surface area contributed by atoms with Crippen molar-refractivity contribution in [1.82, 2.24) is 0 Å². The van der Waals surface area contributed by atoms with Crippen molar-refractivity contribution in [2.24, 2.45) is 27.2 Å². The zero-order chi connectivity index (χ0) is 17.7. The van der Waals surface area contributed by atoms with E-state index < -0.39 is 9.84 Å². The molecule has 2 rings (SSSR count). The molecule has 0 unspecified atom stereocenters. The summed E-state index contributed by atoms with van der Waals surface area (Å²) in [6, 6.07) is 4.86. The largest absolute Gasteiger partial charge is 0.370 e. The number of benzene rings is 1. The lowest BCUT2D eigenvalue weighted by molar-refractivity contribution is 0.601. The van der Waals surface area contributed by atoms with E-state index in [0.717, 1.165) is 38.8 Å². The third kappa shape index (κ3) is 4.85. The van der Waals surface area contributed by atoms with Gasteiger partial charge < -0.3 is 22.1 Å². The molecule has 8 nitrogen and oxygen atoms in total. The normalized spacial score (nSPS) is 16.5. The first-order chi connectivity index (χ1) is 11.3. The van der Waals surface area contributed by atoms with E-state index in [4.69, 9.17) is 17.2 Å². The number of sulfone groups is 1. The molecular weight excluding hydrogens is 328 g/mol. The van der Waals surface area contributed by atoms with Crippen LogP contribution in [0.15, 0.2) is 33.1 Å². The van der Waals surface area contributed by atoms with Crippen LogP contribution in [0.4, 0.5) is 11.4 Å². The van der Waals surface area contributed by atoms with Gasteiger partial charge in [-0.1, -0.05) is 12.8 Å². The van der Waals surface area contributed by atoms with E-state index >= 15 is 0 Å². The molecule has 0 bridgehead atoms. The summed E-state index contributed by atoms with van der Waals surface area (Å²) < 4.78 is 24.2. The van der Waals surface area contributed by atoms with Crippen molar-refractivity contribution in [3.05, 3.63) is 18.2 Å². The smallest absolute Gasteiger partial charge is 0.223 e. The Hall–Kier alpha value is -2.29. The average Bonchev–Trinajstić information content (AvgIpc) is 2.74. The summed E-state index contributed by atoms with van der Waals surface area (Å²) in [5.41, 5.74) is 17.4. The summed E-state index contributed by atoms with van der Waals surface area (Å²) in [6.07, 6.45) is 5.58. The maximum Gasteiger partial charge on any atom is 0.223 e. The molecular formula is C15H24N6O2S. The number of guanidine groups is 2. The summed E-state index contributed by atoms with van der Waals surface area (Å²) in [5, 5.41) is 0. The zero-order valence-corrected chi connectivity index (χ0v) is 14.6. The molecule has 0 atom stereocenters. The number of hydrogen-bond donors (Lipinski definition) is 3. The highest BCUT2D eigenvalue weighted by Gasteiger charge is 2.20. The van der Waals surface area contributed by atoms with Crippen LogP contribution in [0, 0.1) is 0 Å². The average molecular weight is 352 g/mol. The van der Waals surface area contributed by atoms with E-state index in [9.17, 15) is 8.42 Å². The summed E-state index contributed by atoms with van der Waals surface area (Å²) in [5.74, 6) is -0.263. The SMILES string of the molecule is CS(=O)(=O)c1ccc(N=C(N)N=C(N)N)cc1N1CCCCCC1. The van der Waals surface area contributed by atoms with E-state index in [1.165, 1.54) is 6.26 Å². The maximum absolute atomic E-state index is 12.1. The number of nitrogens with two attached hydrogens (primary N) is 3. The summed E-state index contributed by atoms with van der Waals surface area (Å²) in [7, 11) is -3.35. The van der Waals surface area contributed by atoms with Crippen molar-refractivity contribution < 1.29 is 8.42 Å². The zero-order valence-electron chi connectivity index (χ0n) is 13.8. The molecule has 1 saturated heterocycles. The predicted molar refractivity (Wildman–Crippen MR) is 97.3 cm³/mol. The monoisotopic (exact) mass is 352 g/mol.